The Balaban J connectivity index is 1.58. The smallest absolute Gasteiger partial charge is 0.326 e. The highest BCUT2D eigenvalue weighted by atomic mass is 16.4. The molecule has 0 radical (unpaired) electrons. The van der Waals surface area contributed by atoms with Crippen LogP contribution in [-0.2, 0) is 51.2 Å². The van der Waals surface area contributed by atoms with Crippen molar-refractivity contribution in [3.63, 3.8) is 0 Å². The largest absolute Gasteiger partial charge is 0.508 e. The minimum Gasteiger partial charge on any atom is -0.508 e. The van der Waals surface area contributed by atoms with Gasteiger partial charge in [0.2, 0.25) is 35.4 Å². The number of nitrogens with zero attached hydrogens (tertiary/aromatic N) is 1. The number of carbonyl (C=O) groups is 8. The van der Waals surface area contributed by atoms with E-state index in [1.165, 1.54) is 29.2 Å². The Morgan fingerprint density at radius 1 is 0.764 bits per heavy atom. The lowest BCUT2D eigenvalue weighted by atomic mass is 10.0. The van der Waals surface area contributed by atoms with Gasteiger partial charge in [0.05, 0.1) is 25.6 Å². The average Bonchev–Trinajstić information content (AvgIpc) is 3.63. The highest BCUT2D eigenvalue weighted by Crippen LogP contribution is 2.18. The molecule has 18 heteroatoms. The molecule has 2 aromatic carbocycles. The molecular weight excluding hydrogens is 718 g/mol. The second-order valence-corrected chi connectivity index (χ2v) is 13.7. The van der Waals surface area contributed by atoms with Gasteiger partial charge < -0.3 is 52.5 Å². The Hall–Kier alpha value is -6.04. The van der Waals surface area contributed by atoms with Crippen molar-refractivity contribution >= 4 is 47.4 Å². The van der Waals surface area contributed by atoms with Crippen molar-refractivity contribution in [1.29, 1.82) is 0 Å². The number of hydrogen-bond acceptors (Lipinski definition) is 10. The van der Waals surface area contributed by atoms with Crippen LogP contribution in [0.2, 0.25) is 0 Å². The van der Waals surface area contributed by atoms with E-state index >= 15 is 0 Å². The van der Waals surface area contributed by atoms with Crippen molar-refractivity contribution < 1.29 is 53.7 Å². The zero-order valence-corrected chi connectivity index (χ0v) is 30.7. The summed E-state index contributed by atoms with van der Waals surface area (Å²) in [6.45, 7) is 2.68. The summed E-state index contributed by atoms with van der Waals surface area (Å²) in [5.41, 5.74) is 7.27. The standard InChI is InChI=1S/C37H49N7O11/c1-21(2)15-26(34(51)43-28(37(54)55)17-23-10-12-24(45)13-11-23)41-35(52)27(18-32(48)49)42-36(53)29-9-6-14-44(29)31(47)20-39-30(46)19-40-33(50)25(38)16-22-7-4-3-5-8-22/h3-5,7-8,10-13,21,25-29,45H,6,9,14-20,38H2,1-2H3,(H,39,46)(H,40,50)(H,41,52)(H,42,53)(H,43,51)(H,48,49)(H,54,55)/t25-,26-,27-,28-,29-/m0/s1. The van der Waals surface area contributed by atoms with Crippen LogP contribution in [0.25, 0.3) is 0 Å². The summed E-state index contributed by atoms with van der Waals surface area (Å²) in [4.78, 5) is 103. The van der Waals surface area contributed by atoms with E-state index in [0.29, 0.717) is 12.0 Å². The number of benzene rings is 2. The minimum absolute atomic E-state index is 0.0292. The van der Waals surface area contributed by atoms with Crippen LogP contribution in [0.3, 0.4) is 0 Å². The summed E-state index contributed by atoms with van der Waals surface area (Å²) >= 11 is 0. The van der Waals surface area contributed by atoms with Gasteiger partial charge in [0, 0.05) is 13.0 Å². The third-order valence-electron chi connectivity index (χ3n) is 8.71. The number of carbonyl (C=O) groups excluding carboxylic acids is 6. The zero-order chi connectivity index (χ0) is 40.7. The fraction of sp³-hybridized carbons (Fsp3) is 0.459. The molecule has 5 atom stereocenters. The maximum absolute atomic E-state index is 13.4. The van der Waals surface area contributed by atoms with Gasteiger partial charge in [0.15, 0.2) is 0 Å². The number of phenols is 1. The SMILES string of the molecule is CC(C)C[C@H](NC(=O)[C@H](CC(=O)O)NC(=O)[C@@H]1CCCN1C(=O)CNC(=O)CNC(=O)[C@@H](N)Cc1ccccc1)C(=O)N[C@@H](Cc1ccc(O)cc1)C(=O)O. The molecule has 10 N–H and O–H groups in total. The average molecular weight is 768 g/mol. The first-order valence-corrected chi connectivity index (χ1v) is 17.8. The molecule has 0 spiro atoms. The van der Waals surface area contributed by atoms with E-state index in [-0.39, 0.29) is 43.9 Å². The maximum atomic E-state index is 13.4. The molecule has 2 aromatic rings. The molecule has 0 unspecified atom stereocenters. The van der Waals surface area contributed by atoms with Crippen molar-refractivity contribution in [2.45, 2.75) is 82.6 Å². The fourth-order valence-electron chi connectivity index (χ4n) is 5.90. The summed E-state index contributed by atoms with van der Waals surface area (Å²) in [5.74, 6) is -7.58. The van der Waals surface area contributed by atoms with Gasteiger partial charge in [-0.1, -0.05) is 56.3 Å². The molecule has 1 aliphatic rings. The molecule has 18 nitrogen and oxygen atoms in total. The van der Waals surface area contributed by atoms with E-state index in [0.717, 1.165) is 5.56 Å². The molecule has 3 rings (SSSR count). The summed E-state index contributed by atoms with van der Waals surface area (Å²) in [6, 6.07) is 8.38. The van der Waals surface area contributed by atoms with Crippen molar-refractivity contribution in [2.75, 3.05) is 19.6 Å². The second kappa shape index (κ2) is 21.0. The van der Waals surface area contributed by atoms with Crippen LogP contribution in [0.4, 0.5) is 0 Å². The third kappa shape index (κ3) is 14.4. The zero-order valence-electron chi connectivity index (χ0n) is 30.7. The number of aliphatic carboxylic acids is 2. The Labute approximate surface area is 317 Å². The summed E-state index contributed by atoms with van der Waals surface area (Å²) in [7, 11) is 0. The van der Waals surface area contributed by atoms with Crippen molar-refractivity contribution in [3.8, 4) is 5.75 Å². The summed E-state index contributed by atoms with van der Waals surface area (Å²) < 4.78 is 0. The van der Waals surface area contributed by atoms with Gasteiger partial charge in [-0.2, -0.15) is 0 Å². The van der Waals surface area contributed by atoms with Crippen LogP contribution in [0, 0.1) is 5.92 Å². The second-order valence-electron chi connectivity index (χ2n) is 13.7. The first kappa shape index (κ1) is 43.4. The number of hydrogen-bond donors (Lipinski definition) is 9. The highest BCUT2D eigenvalue weighted by Gasteiger charge is 2.37. The van der Waals surface area contributed by atoms with E-state index in [1.807, 2.05) is 18.2 Å². The Bertz CT molecular complexity index is 1690. The molecule has 1 heterocycles. The van der Waals surface area contributed by atoms with Gasteiger partial charge in [0.25, 0.3) is 0 Å². The van der Waals surface area contributed by atoms with E-state index in [4.69, 9.17) is 5.73 Å². The van der Waals surface area contributed by atoms with Crippen LogP contribution in [0.5, 0.6) is 5.75 Å². The van der Waals surface area contributed by atoms with Crippen molar-refractivity contribution in [2.24, 2.45) is 11.7 Å². The number of phenolic OH excluding ortho intramolecular Hbond substituents is 1. The summed E-state index contributed by atoms with van der Waals surface area (Å²) in [5, 5.41) is 40.9. The van der Waals surface area contributed by atoms with Crippen LogP contribution >= 0.6 is 0 Å². The molecule has 0 bridgehead atoms. The quantitative estimate of drug-likeness (QED) is 0.0768. The first-order chi connectivity index (χ1) is 26.0. The van der Waals surface area contributed by atoms with Crippen LogP contribution in [0.15, 0.2) is 54.6 Å². The molecule has 1 saturated heterocycles. The molecule has 6 amide bonds. The van der Waals surface area contributed by atoms with Gasteiger partial charge in [-0.15, -0.1) is 0 Å². The van der Waals surface area contributed by atoms with Crippen LogP contribution < -0.4 is 32.3 Å². The molecule has 1 fully saturated rings. The van der Waals surface area contributed by atoms with E-state index in [1.54, 1.807) is 26.0 Å². The van der Waals surface area contributed by atoms with Gasteiger partial charge in [-0.3, -0.25) is 33.6 Å². The minimum atomic E-state index is -1.67. The van der Waals surface area contributed by atoms with Crippen LogP contribution in [-0.4, -0.2) is 117 Å². The predicted molar refractivity (Wildman–Crippen MR) is 196 cm³/mol. The number of aromatic hydroxyl groups is 1. The number of rotatable bonds is 20. The highest BCUT2D eigenvalue weighted by molar-refractivity contribution is 5.97. The lowest BCUT2D eigenvalue weighted by Gasteiger charge is -2.27. The van der Waals surface area contributed by atoms with E-state index < -0.39 is 97.1 Å². The van der Waals surface area contributed by atoms with E-state index in [2.05, 4.69) is 26.6 Å². The number of likely N-dealkylation sites (tertiary alicyclic amines) is 1. The molecular formula is C37H49N7O11. The summed E-state index contributed by atoms with van der Waals surface area (Å²) in [6.07, 6.45) is -0.138. The molecule has 0 aliphatic carbocycles. The molecule has 55 heavy (non-hydrogen) atoms. The molecule has 0 saturated carbocycles. The topological polar surface area (TPSA) is 287 Å². The van der Waals surface area contributed by atoms with Gasteiger partial charge in [0.1, 0.15) is 29.9 Å². The van der Waals surface area contributed by atoms with Crippen molar-refractivity contribution in [1.82, 2.24) is 31.5 Å². The Morgan fingerprint density at radius 3 is 2.00 bits per heavy atom. The maximum Gasteiger partial charge on any atom is 0.326 e. The first-order valence-electron chi connectivity index (χ1n) is 17.8. The monoisotopic (exact) mass is 767 g/mol. The van der Waals surface area contributed by atoms with Crippen LogP contribution in [0.1, 0.15) is 50.7 Å². The lowest BCUT2D eigenvalue weighted by molar-refractivity contribution is -0.144. The molecule has 298 valence electrons. The predicted octanol–water partition coefficient (Wildman–Crippen LogP) is -1.21. The lowest BCUT2D eigenvalue weighted by Crippen LogP contribution is -2.58. The molecule has 1 aliphatic heterocycles. The number of carboxylic acids is 2. The van der Waals surface area contributed by atoms with Gasteiger partial charge in [-0.25, -0.2) is 4.79 Å². The normalized spacial score (nSPS) is 15.9. The van der Waals surface area contributed by atoms with Gasteiger partial charge in [-0.05, 0) is 54.9 Å². The fourth-order valence-corrected chi connectivity index (χ4v) is 5.90. The number of nitrogens with one attached hydrogen (secondary N) is 5. The Morgan fingerprint density at radius 2 is 1.38 bits per heavy atom. The molecule has 0 aromatic heterocycles. The van der Waals surface area contributed by atoms with Crippen molar-refractivity contribution in [3.05, 3.63) is 65.7 Å². The number of amides is 6. The Kier molecular flexibility index (Phi) is 16.6. The van der Waals surface area contributed by atoms with Gasteiger partial charge >= 0.3 is 11.9 Å². The number of nitrogens with two attached hydrogens (primary N) is 1. The number of carboxylic acid groups (broad SMARTS) is 2. The van der Waals surface area contributed by atoms with E-state index in [9.17, 15) is 53.7 Å². The third-order valence-corrected chi connectivity index (χ3v) is 8.71.